The zero-order valence-corrected chi connectivity index (χ0v) is 11.2. The summed E-state index contributed by atoms with van der Waals surface area (Å²) in [6.07, 6.45) is 1.86. The molecule has 0 aliphatic carbocycles. The molecule has 20 heavy (non-hydrogen) atoms. The maximum atomic E-state index is 13.3. The Kier molecular flexibility index (Phi) is 3.28. The summed E-state index contributed by atoms with van der Waals surface area (Å²) in [7, 11) is 0. The number of nitrogens with one attached hydrogen (secondary N) is 1. The normalized spacial score (nSPS) is 10.9. The molecule has 2 aromatic carbocycles. The predicted octanol–water partition coefficient (Wildman–Crippen LogP) is 4.39. The Bertz CT molecular complexity index is 794. The van der Waals surface area contributed by atoms with Gasteiger partial charge in [0, 0.05) is 34.1 Å². The summed E-state index contributed by atoms with van der Waals surface area (Å²) < 4.78 is 13.3. The van der Waals surface area contributed by atoms with Crippen LogP contribution in [0.15, 0.2) is 48.7 Å². The summed E-state index contributed by atoms with van der Waals surface area (Å²) in [6.45, 7) is 0. The quantitative estimate of drug-likeness (QED) is 0.712. The first-order valence-electron chi connectivity index (χ1n) is 6.18. The lowest BCUT2D eigenvalue weighted by Crippen LogP contribution is -2.02. The second-order valence-electron chi connectivity index (χ2n) is 4.62. The molecule has 0 spiro atoms. The van der Waals surface area contributed by atoms with Crippen LogP contribution in [0.25, 0.3) is 10.9 Å². The molecule has 0 amide bonds. The van der Waals surface area contributed by atoms with Crippen molar-refractivity contribution >= 4 is 28.3 Å². The first-order valence-corrected chi connectivity index (χ1v) is 6.55. The minimum atomic E-state index is -0.353. The Morgan fingerprint density at radius 2 is 2.05 bits per heavy atom. The van der Waals surface area contributed by atoms with Crippen LogP contribution in [0.5, 0.6) is 0 Å². The Balaban J connectivity index is 1.94. The number of rotatable bonds is 3. The van der Waals surface area contributed by atoms with Gasteiger partial charge in [0.2, 0.25) is 0 Å². The lowest BCUT2D eigenvalue weighted by atomic mass is 10.0. The van der Waals surface area contributed by atoms with E-state index in [-0.39, 0.29) is 18.0 Å². The van der Waals surface area contributed by atoms with E-state index >= 15 is 0 Å². The average Bonchev–Trinajstić information content (AvgIpc) is 2.81. The third-order valence-corrected chi connectivity index (χ3v) is 3.43. The number of carbonyl (C=O) groups excluding carboxylic acids is 1. The van der Waals surface area contributed by atoms with E-state index in [0.29, 0.717) is 16.0 Å². The van der Waals surface area contributed by atoms with Gasteiger partial charge >= 0.3 is 0 Å². The molecule has 3 rings (SSSR count). The summed E-state index contributed by atoms with van der Waals surface area (Å²) in [5.74, 6) is -0.418. The predicted molar refractivity (Wildman–Crippen MR) is 77.7 cm³/mol. The number of aromatic nitrogens is 1. The fraction of sp³-hybridized carbons (Fsp3) is 0.0625. The number of fused-ring (bicyclic) bond motifs is 1. The number of Topliss-reactive ketones (excluding diaryl/α,β-unsaturated/α-hetero) is 1. The van der Waals surface area contributed by atoms with E-state index < -0.39 is 0 Å². The van der Waals surface area contributed by atoms with Crippen molar-refractivity contribution in [3.8, 4) is 0 Å². The van der Waals surface area contributed by atoms with Crippen LogP contribution in [0.4, 0.5) is 4.39 Å². The third kappa shape index (κ3) is 2.45. The molecule has 2 nitrogen and oxygen atoms in total. The molecule has 0 aliphatic heterocycles. The van der Waals surface area contributed by atoms with Crippen molar-refractivity contribution in [2.45, 2.75) is 6.42 Å². The highest BCUT2D eigenvalue weighted by Gasteiger charge is 2.13. The molecule has 0 fully saturated rings. The fourth-order valence-electron chi connectivity index (χ4n) is 2.25. The van der Waals surface area contributed by atoms with Crippen LogP contribution < -0.4 is 0 Å². The number of aromatic amines is 1. The first kappa shape index (κ1) is 12.9. The van der Waals surface area contributed by atoms with Gasteiger partial charge in [-0.25, -0.2) is 4.39 Å². The largest absolute Gasteiger partial charge is 0.360 e. The van der Waals surface area contributed by atoms with E-state index in [1.807, 2.05) is 6.07 Å². The van der Waals surface area contributed by atoms with Gasteiger partial charge in [-0.05, 0) is 35.9 Å². The van der Waals surface area contributed by atoms with Gasteiger partial charge in [0.15, 0.2) is 5.78 Å². The maximum Gasteiger partial charge on any atom is 0.169 e. The van der Waals surface area contributed by atoms with E-state index in [1.165, 1.54) is 12.1 Å². The Labute approximate surface area is 120 Å². The minimum absolute atomic E-state index is 0.0656. The number of hydrogen-bond acceptors (Lipinski definition) is 1. The minimum Gasteiger partial charge on any atom is -0.360 e. The van der Waals surface area contributed by atoms with Gasteiger partial charge in [-0.2, -0.15) is 0 Å². The molecule has 100 valence electrons. The summed E-state index contributed by atoms with van der Waals surface area (Å²) in [6, 6.07) is 11.5. The van der Waals surface area contributed by atoms with Crippen LogP contribution in [0, 0.1) is 5.82 Å². The van der Waals surface area contributed by atoms with Gasteiger partial charge in [-0.1, -0.05) is 23.7 Å². The third-order valence-electron chi connectivity index (χ3n) is 3.20. The number of halogens is 2. The van der Waals surface area contributed by atoms with E-state index in [0.717, 1.165) is 11.1 Å². The van der Waals surface area contributed by atoms with Crippen LogP contribution in [-0.2, 0) is 6.42 Å². The van der Waals surface area contributed by atoms with Crippen LogP contribution in [-0.4, -0.2) is 10.8 Å². The highest BCUT2D eigenvalue weighted by molar-refractivity contribution is 6.30. The Hall–Kier alpha value is -2.13. The lowest BCUT2D eigenvalue weighted by molar-refractivity contribution is 0.0994. The molecule has 0 unspecified atom stereocenters. The van der Waals surface area contributed by atoms with E-state index in [2.05, 4.69) is 4.98 Å². The lowest BCUT2D eigenvalue weighted by Gasteiger charge is -2.01. The first-order chi connectivity index (χ1) is 9.63. The molecule has 1 heterocycles. The highest BCUT2D eigenvalue weighted by Crippen LogP contribution is 2.21. The topological polar surface area (TPSA) is 32.9 Å². The van der Waals surface area contributed by atoms with Crippen molar-refractivity contribution < 1.29 is 9.18 Å². The maximum absolute atomic E-state index is 13.3. The van der Waals surface area contributed by atoms with Crippen molar-refractivity contribution in [2.75, 3.05) is 0 Å². The van der Waals surface area contributed by atoms with Gasteiger partial charge in [-0.3, -0.25) is 4.79 Å². The molecule has 0 atom stereocenters. The van der Waals surface area contributed by atoms with Crippen molar-refractivity contribution in [3.63, 3.8) is 0 Å². The molecular formula is C16H11ClFNO. The van der Waals surface area contributed by atoms with Crippen molar-refractivity contribution in [1.82, 2.24) is 4.98 Å². The average molecular weight is 288 g/mol. The molecule has 0 aliphatic rings. The van der Waals surface area contributed by atoms with Crippen molar-refractivity contribution in [2.24, 2.45) is 0 Å². The molecule has 0 bridgehead atoms. The summed E-state index contributed by atoms with van der Waals surface area (Å²) in [5, 5.41) is 1.21. The zero-order chi connectivity index (χ0) is 14.1. The van der Waals surface area contributed by atoms with Gasteiger partial charge < -0.3 is 4.98 Å². The standard InChI is InChI=1S/C16H11ClFNO/c17-11-3-1-2-10(6-11)7-16(20)14-9-19-15-5-4-12(18)8-13(14)15/h1-6,8-9,19H,7H2. The molecule has 0 saturated carbocycles. The summed E-state index contributed by atoms with van der Waals surface area (Å²) >= 11 is 5.90. The van der Waals surface area contributed by atoms with Gasteiger partial charge in [0.05, 0.1) is 0 Å². The molecule has 0 radical (unpaired) electrons. The molecule has 1 aromatic heterocycles. The number of H-pyrrole nitrogens is 1. The second-order valence-corrected chi connectivity index (χ2v) is 5.06. The molecule has 0 saturated heterocycles. The number of ketones is 1. The van der Waals surface area contributed by atoms with Crippen molar-refractivity contribution in [1.29, 1.82) is 0 Å². The van der Waals surface area contributed by atoms with Crippen molar-refractivity contribution in [3.05, 3.63) is 70.6 Å². The summed E-state index contributed by atoms with van der Waals surface area (Å²) in [5.41, 5.74) is 2.09. The van der Waals surface area contributed by atoms with Gasteiger partial charge in [0.1, 0.15) is 5.82 Å². The monoisotopic (exact) mass is 287 g/mol. The van der Waals surface area contributed by atoms with E-state index in [9.17, 15) is 9.18 Å². The Morgan fingerprint density at radius 3 is 2.85 bits per heavy atom. The van der Waals surface area contributed by atoms with Crippen LogP contribution in [0.3, 0.4) is 0 Å². The van der Waals surface area contributed by atoms with Gasteiger partial charge in [-0.15, -0.1) is 0 Å². The van der Waals surface area contributed by atoms with Crippen LogP contribution in [0.2, 0.25) is 5.02 Å². The Morgan fingerprint density at radius 1 is 1.20 bits per heavy atom. The number of carbonyl (C=O) groups is 1. The second kappa shape index (κ2) is 5.10. The fourth-order valence-corrected chi connectivity index (χ4v) is 2.46. The number of benzene rings is 2. The molecular weight excluding hydrogens is 277 g/mol. The smallest absolute Gasteiger partial charge is 0.169 e. The van der Waals surface area contributed by atoms with Crippen LogP contribution in [0.1, 0.15) is 15.9 Å². The SMILES string of the molecule is O=C(Cc1cccc(Cl)c1)c1c[nH]c2ccc(F)cc12. The van der Waals surface area contributed by atoms with Gasteiger partial charge in [0.25, 0.3) is 0 Å². The number of hydrogen-bond donors (Lipinski definition) is 1. The van der Waals surface area contributed by atoms with E-state index in [1.54, 1.807) is 30.5 Å². The molecule has 3 aromatic rings. The van der Waals surface area contributed by atoms with Crippen LogP contribution >= 0.6 is 11.6 Å². The summed E-state index contributed by atoms with van der Waals surface area (Å²) in [4.78, 5) is 15.3. The zero-order valence-electron chi connectivity index (χ0n) is 10.5. The van der Waals surface area contributed by atoms with E-state index in [4.69, 9.17) is 11.6 Å². The highest BCUT2D eigenvalue weighted by atomic mass is 35.5. The molecule has 4 heteroatoms. The molecule has 1 N–H and O–H groups in total.